The smallest absolute Gasteiger partial charge is 0.251 e. The fourth-order valence-corrected chi connectivity index (χ4v) is 1.44. The van der Waals surface area contributed by atoms with Crippen molar-refractivity contribution in [3.05, 3.63) is 0 Å². The number of methoxy groups -OCH3 is 1. The van der Waals surface area contributed by atoms with Crippen molar-refractivity contribution in [1.29, 1.82) is 0 Å². The number of ether oxygens (including phenoxy) is 1. The van der Waals surface area contributed by atoms with Gasteiger partial charge in [-0.25, -0.2) is 0 Å². The zero-order valence-electron chi connectivity index (χ0n) is 6.29. The normalized spacial score (nSPS) is 16.3. The van der Waals surface area contributed by atoms with Gasteiger partial charge < -0.3 is 10.1 Å². The minimum absolute atomic E-state index is 0.0968. The molecule has 0 spiro atoms. The van der Waals surface area contributed by atoms with Crippen molar-refractivity contribution in [2.45, 2.75) is 0 Å². The maximum Gasteiger partial charge on any atom is 0.251 e. The van der Waals surface area contributed by atoms with Crippen molar-refractivity contribution in [2.75, 3.05) is 26.0 Å². The average molecular weight is 174 g/mol. The van der Waals surface area contributed by atoms with Gasteiger partial charge in [-0.1, -0.05) is 11.8 Å². The van der Waals surface area contributed by atoms with E-state index in [9.17, 15) is 4.79 Å². The highest BCUT2D eigenvalue weighted by molar-refractivity contribution is 8.14. The van der Waals surface area contributed by atoms with E-state index in [-0.39, 0.29) is 12.5 Å². The average Bonchev–Trinajstić information content (AvgIpc) is 2.40. The Balaban J connectivity index is 2.24. The van der Waals surface area contributed by atoms with Crippen LogP contribution >= 0.6 is 11.8 Å². The fourth-order valence-electron chi connectivity index (χ4n) is 0.697. The Bertz CT molecular complexity index is 181. The van der Waals surface area contributed by atoms with Crippen LogP contribution in [0.4, 0.5) is 0 Å². The summed E-state index contributed by atoms with van der Waals surface area (Å²) >= 11 is 1.56. The molecule has 0 saturated carbocycles. The van der Waals surface area contributed by atoms with Crippen LogP contribution in [0.15, 0.2) is 4.99 Å². The monoisotopic (exact) mass is 174 g/mol. The molecule has 5 heteroatoms. The van der Waals surface area contributed by atoms with Crippen molar-refractivity contribution < 1.29 is 9.53 Å². The number of rotatable bonds is 2. The van der Waals surface area contributed by atoms with Crippen molar-refractivity contribution in [2.24, 2.45) is 4.99 Å². The van der Waals surface area contributed by atoms with Crippen LogP contribution in [0.1, 0.15) is 0 Å². The molecule has 0 bridgehead atoms. The molecule has 0 aliphatic carbocycles. The number of hydrogen-bond donors (Lipinski definition) is 1. The Hall–Kier alpha value is -0.550. The van der Waals surface area contributed by atoms with E-state index in [4.69, 9.17) is 0 Å². The summed E-state index contributed by atoms with van der Waals surface area (Å²) in [4.78, 5) is 14.9. The molecule has 1 amide bonds. The second kappa shape index (κ2) is 4.35. The second-order valence-corrected chi connectivity index (χ2v) is 3.10. The number of amides is 1. The Morgan fingerprint density at radius 2 is 2.73 bits per heavy atom. The number of thioether (sulfide) groups is 1. The molecule has 62 valence electrons. The molecule has 1 rings (SSSR count). The van der Waals surface area contributed by atoms with Gasteiger partial charge in [-0.15, -0.1) is 0 Å². The molecule has 0 atom stereocenters. The maximum atomic E-state index is 10.9. The standard InChI is InChI=1S/C6H10N2O2S/c1-10-4-5(9)8-6-7-2-3-11-6/h2-4H2,1H3,(H,7,8,9). The lowest BCUT2D eigenvalue weighted by molar-refractivity contribution is -0.123. The van der Waals surface area contributed by atoms with Crippen LogP contribution < -0.4 is 5.32 Å². The van der Waals surface area contributed by atoms with E-state index in [1.807, 2.05) is 0 Å². The lowest BCUT2D eigenvalue weighted by Crippen LogP contribution is -2.30. The summed E-state index contributed by atoms with van der Waals surface area (Å²) in [6.45, 7) is 0.896. The minimum atomic E-state index is -0.138. The highest BCUT2D eigenvalue weighted by atomic mass is 32.2. The number of carbonyl (C=O) groups is 1. The Morgan fingerprint density at radius 1 is 1.91 bits per heavy atom. The summed E-state index contributed by atoms with van der Waals surface area (Å²) < 4.78 is 4.64. The van der Waals surface area contributed by atoms with Gasteiger partial charge in [0.2, 0.25) is 0 Å². The first-order valence-corrected chi connectivity index (χ1v) is 4.27. The summed E-state index contributed by atoms with van der Waals surface area (Å²) in [5.41, 5.74) is 0. The number of nitrogens with one attached hydrogen (secondary N) is 1. The summed E-state index contributed by atoms with van der Waals surface area (Å²) in [5, 5.41) is 3.34. The Kier molecular flexibility index (Phi) is 3.38. The number of carbonyl (C=O) groups excluding carboxylic acids is 1. The predicted octanol–water partition coefficient (Wildman–Crippen LogP) is -0.148. The maximum absolute atomic E-state index is 10.9. The molecule has 0 unspecified atom stereocenters. The van der Waals surface area contributed by atoms with E-state index in [0.29, 0.717) is 5.17 Å². The lowest BCUT2D eigenvalue weighted by Gasteiger charge is -2.00. The van der Waals surface area contributed by atoms with Gasteiger partial charge in [-0.2, -0.15) is 0 Å². The van der Waals surface area contributed by atoms with Gasteiger partial charge in [-0.3, -0.25) is 9.79 Å². The SMILES string of the molecule is COCC(=O)NC1=NCCS1. The number of nitrogens with zero attached hydrogens (tertiary/aromatic N) is 1. The number of amidine groups is 1. The first-order valence-electron chi connectivity index (χ1n) is 3.29. The molecule has 0 aromatic carbocycles. The molecule has 1 N–H and O–H groups in total. The van der Waals surface area contributed by atoms with Crippen LogP contribution in [0, 0.1) is 0 Å². The molecule has 1 aliphatic heterocycles. The van der Waals surface area contributed by atoms with Crippen LogP contribution in [-0.2, 0) is 9.53 Å². The van der Waals surface area contributed by atoms with Crippen molar-refractivity contribution in [3.63, 3.8) is 0 Å². The van der Waals surface area contributed by atoms with Crippen LogP contribution in [-0.4, -0.2) is 37.1 Å². The molecule has 0 radical (unpaired) electrons. The number of hydrogen-bond acceptors (Lipinski definition) is 4. The molecular weight excluding hydrogens is 164 g/mol. The topological polar surface area (TPSA) is 50.7 Å². The summed E-state index contributed by atoms with van der Waals surface area (Å²) in [7, 11) is 1.49. The van der Waals surface area contributed by atoms with Gasteiger partial charge in [0.15, 0.2) is 5.17 Å². The Morgan fingerprint density at radius 3 is 3.27 bits per heavy atom. The van der Waals surface area contributed by atoms with E-state index in [1.54, 1.807) is 11.8 Å². The summed E-state index contributed by atoms with van der Waals surface area (Å²) in [6, 6.07) is 0. The van der Waals surface area contributed by atoms with Crippen molar-refractivity contribution in [3.8, 4) is 0 Å². The van der Waals surface area contributed by atoms with Gasteiger partial charge in [0.1, 0.15) is 6.61 Å². The summed E-state index contributed by atoms with van der Waals surface area (Å²) in [6.07, 6.45) is 0. The molecule has 1 aliphatic rings. The molecule has 11 heavy (non-hydrogen) atoms. The van der Waals surface area contributed by atoms with E-state index < -0.39 is 0 Å². The van der Waals surface area contributed by atoms with Gasteiger partial charge in [0.25, 0.3) is 5.91 Å². The van der Waals surface area contributed by atoms with Crippen molar-refractivity contribution >= 4 is 22.8 Å². The van der Waals surface area contributed by atoms with E-state index in [1.165, 1.54) is 7.11 Å². The van der Waals surface area contributed by atoms with Crippen molar-refractivity contribution in [1.82, 2.24) is 5.32 Å². The highest BCUT2D eigenvalue weighted by Crippen LogP contribution is 2.08. The van der Waals surface area contributed by atoms with Gasteiger partial charge in [0, 0.05) is 12.9 Å². The zero-order valence-corrected chi connectivity index (χ0v) is 7.11. The zero-order chi connectivity index (χ0) is 8.10. The second-order valence-electron chi connectivity index (χ2n) is 2.02. The highest BCUT2D eigenvalue weighted by Gasteiger charge is 2.09. The fraction of sp³-hybridized carbons (Fsp3) is 0.667. The third-order valence-electron chi connectivity index (χ3n) is 1.11. The molecule has 0 fully saturated rings. The van der Waals surface area contributed by atoms with E-state index in [0.717, 1.165) is 12.3 Å². The molecule has 1 heterocycles. The van der Waals surface area contributed by atoms with Crippen LogP contribution in [0.2, 0.25) is 0 Å². The van der Waals surface area contributed by atoms with E-state index >= 15 is 0 Å². The third-order valence-corrected chi connectivity index (χ3v) is 2.00. The largest absolute Gasteiger partial charge is 0.375 e. The summed E-state index contributed by atoms with van der Waals surface area (Å²) in [5.74, 6) is 0.823. The predicted molar refractivity (Wildman–Crippen MR) is 44.8 cm³/mol. The first-order chi connectivity index (χ1) is 5.33. The molecule has 4 nitrogen and oxygen atoms in total. The molecule has 0 aromatic heterocycles. The molecule has 0 saturated heterocycles. The van der Waals surface area contributed by atoms with Gasteiger partial charge in [-0.05, 0) is 0 Å². The quantitative estimate of drug-likeness (QED) is 0.633. The third kappa shape index (κ3) is 2.90. The van der Waals surface area contributed by atoms with Gasteiger partial charge in [0.05, 0.1) is 6.54 Å². The van der Waals surface area contributed by atoms with Crippen LogP contribution in [0.25, 0.3) is 0 Å². The minimum Gasteiger partial charge on any atom is -0.375 e. The lowest BCUT2D eigenvalue weighted by atomic mass is 10.6. The molecular formula is C6H10N2O2S. The van der Waals surface area contributed by atoms with Crippen LogP contribution in [0.3, 0.4) is 0 Å². The van der Waals surface area contributed by atoms with E-state index in [2.05, 4.69) is 15.0 Å². The molecule has 0 aromatic rings. The Labute approximate surface area is 69.4 Å². The van der Waals surface area contributed by atoms with Gasteiger partial charge >= 0.3 is 0 Å². The van der Waals surface area contributed by atoms with Crippen LogP contribution in [0.5, 0.6) is 0 Å². The number of aliphatic imine (C=N–C) groups is 1. The first kappa shape index (κ1) is 8.55.